The summed E-state index contributed by atoms with van der Waals surface area (Å²) in [5.41, 5.74) is 0. The van der Waals surface area contributed by atoms with E-state index in [1.807, 2.05) is 12.2 Å². The van der Waals surface area contributed by atoms with Crippen LogP contribution in [0.1, 0.15) is 142 Å². The molecule has 0 bridgehead atoms. The summed E-state index contributed by atoms with van der Waals surface area (Å²) in [4.78, 5) is 52.8. The predicted molar refractivity (Wildman–Crippen MR) is 243 cm³/mol. The molecule has 0 radical (unpaired) electrons. The van der Waals surface area contributed by atoms with Crippen molar-refractivity contribution in [1.82, 2.24) is 0 Å². The van der Waals surface area contributed by atoms with Gasteiger partial charge in [-0.05, 0) is 89.9 Å². The van der Waals surface area contributed by atoms with Gasteiger partial charge in [0, 0.05) is 12.8 Å². The van der Waals surface area contributed by atoms with Gasteiger partial charge in [-0.1, -0.05) is 125 Å². The van der Waals surface area contributed by atoms with E-state index in [-0.39, 0.29) is 25.0 Å². The van der Waals surface area contributed by atoms with Crippen LogP contribution in [0.15, 0.2) is 85.1 Å². The van der Waals surface area contributed by atoms with Gasteiger partial charge >= 0.3 is 27.6 Å². The second-order valence-electron chi connectivity index (χ2n) is 15.0. The van der Waals surface area contributed by atoms with Gasteiger partial charge in [0.25, 0.3) is 0 Å². The molecule has 3 unspecified atom stereocenters. The SMILES string of the molecule is CCCCC/C=C\C/C=C\C/C=C\C/C=C\CCCC(=O)OC[C@H](COP(=O)(O)OC[C@@H](O)COP(=O)(O)O)OC(=O)CCCC1OC1C/C=C\C/C=C\C/C=C\CCCCC. The molecule has 1 rings (SSSR count). The van der Waals surface area contributed by atoms with Crippen LogP contribution in [0.3, 0.4) is 0 Å². The third kappa shape index (κ3) is 37.8. The smallest absolute Gasteiger partial charge is 0.462 e. The summed E-state index contributed by atoms with van der Waals surface area (Å²) < 4.78 is 53.5. The summed E-state index contributed by atoms with van der Waals surface area (Å²) in [6.07, 6.45) is 44.5. The molecule has 0 aromatic rings. The van der Waals surface area contributed by atoms with Gasteiger partial charge in [-0.15, -0.1) is 0 Å². The first-order valence-electron chi connectivity index (χ1n) is 22.4. The number of carbonyl (C=O) groups excluding carboxylic acids is 2. The Kier molecular flexibility index (Phi) is 34.8. The predicted octanol–water partition coefficient (Wildman–Crippen LogP) is 10.5. The molecule has 1 heterocycles. The first-order chi connectivity index (χ1) is 29.8. The highest BCUT2D eigenvalue weighted by Crippen LogP contribution is 2.44. The summed E-state index contributed by atoms with van der Waals surface area (Å²) in [5, 5.41) is 9.76. The number of aliphatic hydroxyl groups is 1. The minimum atomic E-state index is -4.88. The number of aliphatic hydroxyl groups excluding tert-OH is 1. The lowest BCUT2D eigenvalue weighted by atomic mass is 10.1. The molecule has 5 atom stereocenters. The van der Waals surface area contributed by atoms with Crippen molar-refractivity contribution in [2.24, 2.45) is 0 Å². The number of phosphoric ester groups is 2. The lowest BCUT2D eigenvalue weighted by molar-refractivity contribution is -0.161. The van der Waals surface area contributed by atoms with Gasteiger partial charge in [0.15, 0.2) is 6.10 Å². The molecular weight excluding hydrogens is 838 g/mol. The van der Waals surface area contributed by atoms with Crippen LogP contribution in [0.25, 0.3) is 0 Å². The Balaban J connectivity index is 2.46. The quantitative estimate of drug-likeness (QED) is 0.0148. The molecule has 1 fully saturated rings. The Bertz CT molecular complexity index is 1480. The Labute approximate surface area is 371 Å². The Hall–Kier alpha value is -2.74. The lowest BCUT2D eigenvalue weighted by Crippen LogP contribution is -2.30. The molecule has 0 saturated carbocycles. The van der Waals surface area contributed by atoms with Crippen LogP contribution in [0.4, 0.5) is 0 Å². The average Bonchev–Trinajstić information content (AvgIpc) is 3.99. The third-order valence-electron chi connectivity index (χ3n) is 9.17. The van der Waals surface area contributed by atoms with Crippen molar-refractivity contribution in [1.29, 1.82) is 0 Å². The van der Waals surface area contributed by atoms with Crippen molar-refractivity contribution in [3.63, 3.8) is 0 Å². The van der Waals surface area contributed by atoms with E-state index in [1.165, 1.54) is 38.5 Å². The van der Waals surface area contributed by atoms with Crippen molar-refractivity contribution in [3.05, 3.63) is 85.1 Å². The molecule has 16 heteroatoms. The summed E-state index contributed by atoms with van der Waals surface area (Å²) in [7, 11) is -9.73. The average molecular weight is 915 g/mol. The summed E-state index contributed by atoms with van der Waals surface area (Å²) >= 11 is 0. The minimum Gasteiger partial charge on any atom is -0.462 e. The number of hydrogen-bond acceptors (Lipinski definition) is 11. The van der Waals surface area contributed by atoms with Gasteiger partial charge in [-0.2, -0.15) is 0 Å². The fraction of sp³-hybridized carbons (Fsp3) is 0.652. The normalized spacial score (nSPS) is 18.0. The van der Waals surface area contributed by atoms with E-state index in [0.717, 1.165) is 51.4 Å². The fourth-order valence-corrected chi connectivity index (χ4v) is 6.82. The molecular formula is C46H76O14P2. The monoisotopic (exact) mass is 914 g/mol. The zero-order chi connectivity index (χ0) is 45.6. The Morgan fingerprint density at radius 2 is 1.03 bits per heavy atom. The lowest BCUT2D eigenvalue weighted by Gasteiger charge is -2.20. The molecule has 1 aliphatic heterocycles. The molecule has 0 amide bonds. The standard InChI is InChI=1S/C46H76O14P2/c1-3-5-7-9-11-13-15-17-18-19-20-21-23-25-27-29-31-35-45(48)55-39-42(40-58-62(53,54)57-38-41(47)37-56-61(50,51)52)59-46(49)36-32-34-44-43(60-44)33-30-28-26-24-22-16-14-12-10-8-6-4-2/h11-14,17-18,20-22,24-25,27-28,30,41-44,47H,3-10,15-16,19,23,26,29,31-40H2,1-2H3,(H,53,54)(H2,50,51,52)/b13-11-,14-12-,18-17-,21-20-,24-22-,27-25-,30-28-/t41-,42+,43?,44?/m0/s1. The number of carbonyl (C=O) groups is 2. The van der Waals surface area contributed by atoms with Crippen LogP contribution in [0, 0.1) is 0 Å². The summed E-state index contributed by atoms with van der Waals surface area (Å²) in [6, 6.07) is 0. The number of hydrogen-bond donors (Lipinski definition) is 4. The molecule has 0 aromatic heterocycles. The second kappa shape index (κ2) is 37.6. The maximum absolute atomic E-state index is 12.7. The zero-order valence-electron chi connectivity index (χ0n) is 37.1. The van der Waals surface area contributed by atoms with Gasteiger partial charge in [0.05, 0.1) is 32.0 Å². The Morgan fingerprint density at radius 3 is 1.56 bits per heavy atom. The molecule has 14 nitrogen and oxygen atoms in total. The number of epoxide rings is 1. The second-order valence-corrected chi connectivity index (χ2v) is 17.7. The summed E-state index contributed by atoms with van der Waals surface area (Å²) in [5.74, 6) is -1.18. The Morgan fingerprint density at radius 1 is 0.565 bits per heavy atom. The first kappa shape index (κ1) is 57.3. The van der Waals surface area contributed by atoms with Crippen LogP contribution >= 0.6 is 15.6 Å². The number of unbranched alkanes of at least 4 members (excludes halogenated alkanes) is 7. The van der Waals surface area contributed by atoms with Crippen molar-refractivity contribution in [3.8, 4) is 0 Å². The molecule has 1 aliphatic rings. The van der Waals surface area contributed by atoms with Gasteiger partial charge in [-0.25, -0.2) is 9.13 Å². The van der Waals surface area contributed by atoms with Crippen molar-refractivity contribution in [2.45, 2.75) is 167 Å². The van der Waals surface area contributed by atoms with Gasteiger partial charge in [0.2, 0.25) is 0 Å². The van der Waals surface area contributed by atoms with Crippen molar-refractivity contribution >= 4 is 27.6 Å². The van der Waals surface area contributed by atoms with Crippen molar-refractivity contribution < 1.29 is 66.3 Å². The van der Waals surface area contributed by atoms with Crippen molar-refractivity contribution in [2.75, 3.05) is 26.4 Å². The van der Waals surface area contributed by atoms with Gasteiger partial charge in [-0.3, -0.25) is 23.2 Å². The molecule has 4 N–H and O–H groups in total. The molecule has 1 saturated heterocycles. The topological polar surface area (TPSA) is 208 Å². The minimum absolute atomic E-state index is 0.0266. The fourth-order valence-electron chi connectivity index (χ4n) is 5.66. The number of rotatable bonds is 40. The third-order valence-corrected chi connectivity index (χ3v) is 10.6. The maximum Gasteiger partial charge on any atom is 0.472 e. The number of phosphoric acid groups is 2. The number of esters is 2. The highest BCUT2D eigenvalue weighted by atomic mass is 31.2. The number of allylic oxidation sites excluding steroid dienone is 13. The van der Waals surface area contributed by atoms with Crippen LogP contribution in [0.5, 0.6) is 0 Å². The van der Waals surface area contributed by atoms with E-state index >= 15 is 0 Å². The maximum atomic E-state index is 12.7. The van der Waals surface area contributed by atoms with E-state index in [9.17, 15) is 28.7 Å². The van der Waals surface area contributed by atoms with Crippen LogP contribution in [-0.2, 0) is 46.5 Å². The van der Waals surface area contributed by atoms with Gasteiger partial charge in [0.1, 0.15) is 12.7 Å². The molecule has 354 valence electrons. The van der Waals surface area contributed by atoms with Crippen LogP contribution < -0.4 is 0 Å². The van der Waals surface area contributed by atoms with E-state index in [1.54, 1.807) is 0 Å². The van der Waals surface area contributed by atoms with Gasteiger partial charge < -0.3 is 34.0 Å². The molecule has 62 heavy (non-hydrogen) atoms. The summed E-state index contributed by atoms with van der Waals surface area (Å²) in [6.45, 7) is 1.54. The highest BCUT2D eigenvalue weighted by Gasteiger charge is 2.37. The molecule has 0 spiro atoms. The largest absolute Gasteiger partial charge is 0.472 e. The van der Waals surface area contributed by atoms with E-state index < -0.39 is 66.2 Å². The zero-order valence-corrected chi connectivity index (χ0v) is 38.9. The molecule has 0 aromatic carbocycles. The van der Waals surface area contributed by atoms with Crippen LogP contribution in [-0.4, -0.2) is 82.6 Å². The highest BCUT2D eigenvalue weighted by molar-refractivity contribution is 7.47. The number of ether oxygens (including phenoxy) is 3. The van der Waals surface area contributed by atoms with E-state index in [4.69, 9.17) is 28.5 Å². The molecule has 0 aliphatic carbocycles. The van der Waals surface area contributed by atoms with E-state index in [2.05, 4.69) is 95.8 Å². The van der Waals surface area contributed by atoms with Crippen LogP contribution in [0.2, 0.25) is 0 Å². The first-order valence-corrected chi connectivity index (χ1v) is 25.4. The van der Waals surface area contributed by atoms with E-state index in [0.29, 0.717) is 25.7 Å².